The number of nitrogen functional groups attached to an aromatic ring is 1. The Hall–Kier alpha value is -2.02. The number of anilines is 2. The molecule has 0 radical (unpaired) electrons. The second-order valence-electron chi connectivity index (χ2n) is 4.46. The van der Waals surface area contributed by atoms with Crippen molar-refractivity contribution in [1.82, 2.24) is 0 Å². The average Bonchev–Trinajstić information content (AvgIpc) is 2.65. The Labute approximate surface area is 101 Å². The summed E-state index contributed by atoms with van der Waals surface area (Å²) in [5, 5.41) is 8.85. The molecule has 1 aliphatic heterocycles. The summed E-state index contributed by atoms with van der Waals surface area (Å²) >= 11 is 0. The summed E-state index contributed by atoms with van der Waals surface area (Å²) < 4.78 is 0. The van der Waals surface area contributed by atoms with Crippen LogP contribution in [0.3, 0.4) is 0 Å². The van der Waals surface area contributed by atoms with E-state index in [0.29, 0.717) is 18.7 Å². The van der Waals surface area contributed by atoms with Crippen LogP contribution in [0.2, 0.25) is 0 Å². The monoisotopic (exact) mass is 229 g/mol. The van der Waals surface area contributed by atoms with Gasteiger partial charge in [0.2, 0.25) is 5.91 Å². The Kier molecular flexibility index (Phi) is 2.76. The van der Waals surface area contributed by atoms with E-state index in [0.717, 1.165) is 16.8 Å². The van der Waals surface area contributed by atoms with E-state index in [9.17, 15) is 4.79 Å². The van der Waals surface area contributed by atoms with Crippen LogP contribution in [0.15, 0.2) is 12.1 Å². The van der Waals surface area contributed by atoms with Gasteiger partial charge in [-0.3, -0.25) is 4.79 Å². The van der Waals surface area contributed by atoms with Crippen molar-refractivity contribution in [3.05, 3.63) is 23.3 Å². The lowest BCUT2D eigenvalue weighted by Crippen LogP contribution is -2.27. The minimum Gasteiger partial charge on any atom is -0.398 e. The van der Waals surface area contributed by atoms with E-state index in [1.807, 2.05) is 32.0 Å². The summed E-state index contributed by atoms with van der Waals surface area (Å²) in [5.74, 6) is -0.615. The van der Waals surface area contributed by atoms with Gasteiger partial charge in [0.05, 0.1) is 6.07 Å². The summed E-state index contributed by atoms with van der Waals surface area (Å²) in [4.78, 5) is 13.6. The van der Waals surface area contributed by atoms with Crippen molar-refractivity contribution >= 4 is 17.3 Å². The molecule has 4 heteroatoms. The van der Waals surface area contributed by atoms with Crippen molar-refractivity contribution in [2.75, 3.05) is 17.2 Å². The van der Waals surface area contributed by atoms with Crippen LogP contribution < -0.4 is 10.6 Å². The number of carbonyl (C=O) groups excluding carboxylic acids is 1. The summed E-state index contributed by atoms with van der Waals surface area (Å²) in [6.45, 7) is 4.49. The Morgan fingerprint density at radius 2 is 2.12 bits per heavy atom. The average molecular weight is 229 g/mol. The normalized spacial score (nSPS) is 19.5. The number of nitrogens with zero attached hydrogens (tertiary/aromatic N) is 2. The quantitative estimate of drug-likeness (QED) is 0.746. The van der Waals surface area contributed by atoms with Crippen molar-refractivity contribution in [2.24, 2.45) is 5.92 Å². The number of benzene rings is 1. The molecule has 1 unspecified atom stereocenters. The summed E-state index contributed by atoms with van der Waals surface area (Å²) in [6.07, 6.45) is 0.600. The Balaban J connectivity index is 2.40. The molecule has 0 spiro atoms. The van der Waals surface area contributed by atoms with Gasteiger partial charge >= 0.3 is 0 Å². The third-order valence-corrected chi connectivity index (χ3v) is 3.24. The van der Waals surface area contributed by atoms with Gasteiger partial charge in [-0.05, 0) is 37.5 Å². The standard InChI is InChI=1S/C13H15N3O/c1-8-5-9(2)12(6-11(8)15)16-4-3-10(7-14)13(16)17/h5-6,10H,3-4,15H2,1-2H3. The molecular formula is C13H15N3O. The molecule has 0 saturated carbocycles. The lowest BCUT2D eigenvalue weighted by Gasteiger charge is -2.19. The zero-order valence-corrected chi connectivity index (χ0v) is 10.0. The van der Waals surface area contributed by atoms with Crippen molar-refractivity contribution in [3.8, 4) is 6.07 Å². The third kappa shape index (κ3) is 1.84. The summed E-state index contributed by atoms with van der Waals surface area (Å²) in [5.41, 5.74) is 9.40. The number of nitriles is 1. The molecule has 0 aliphatic carbocycles. The fraction of sp³-hybridized carbons (Fsp3) is 0.385. The number of hydrogen-bond acceptors (Lipinski definition) is 3. The lowest BCUT2D eigenvalue weighted by molar-refractivity contribution is -0.119. The molecule has 1 amide bonds. The predicted octanol–water partition coefficient (Wildman–Crippen LogP) is 1.76. The molecular weight excluding hydrogens is 214 g/mol. The number of carbonyl (C=O) groups is 1. The topological polar surface area (TPSA) is 70.1 Å². The molecule has 1 aromatic carbocycles. The number of aryl methyl sites for hydroxylation is 2. The highest BCUT2D eigenvalue weighted by atomic mass is 16.2. The Morgan fingerprint density at radius 1 is 1.41 bits per heavy atom. The fourth-order valence-electron chi connectivity index (χ4n) is 2.19. The highest BCUT2D eigenvalue weighted by Crippen LogP contribution is 2.30. The molecule has 1 fully saturated rings. The van der Waals surface area contributed by atoms with Gasteiger partial charge in [-0.1, -0.05) is 6.07 Å². The number of nitrogens with two attached hydrogens (primary N) is 1. The fourth-order valence-corrected chi connectivity index (χ4v) is 2.19. The van der Waals surface area contributed by atoms with Gasteiger partial charge in [-0.2, -0.15) is 5.26 Å². The molecule has 1 atom stereocenters. The van der Waals surface area contributed by atoms with Gasteiger partial charge in [-0.15, -0.1) is 0 Å². The molecule has 1 heterocycles. The molecule has 1 aliphatic rings. The van der Waals surface area contributed by atoms with E-state index in [2.05, 4.69) is 0 Å². The lowest BCUT2D eigenvalue weighted by atomic mass is 10.1. The smallest absolute Gasteiger partial charge is 0.244 e. The molecule has 17 heavy (non-hydrogen) atoms. The first kappa shape index (κ1) is 11.5. The van der Waals surface area contributed by atoms with Crippen molar-refractivity contribution in [2.45, 2.75) is 20.3 Å². The maximum absolute atomic E-state index is 11.9. The zero-order valence-electron chi connectivity index (χ0n) is 10.0. The van der Waals surface area contributed by atoms with Gasteiger partial charge in [0.1, 0.15) is 5.92 Å². The first-order valence-electron chi connectivity index (χ1n) is 5.62. The first-order chi connectivity index (χ1) is 8.04. The van der Waals surface area contributed by atoms with E-state index in [4.69, 9.17) is 11.0 Å². The van der Waals surface area contributed by atoms with Gasteiger partial charge in [0.15, 0.2) is 0 Å². The maximum Gasteiger partial charge on any atom is 0.244 e. The largest absolute Gasteiger partial charge is 0.398 e. The molecule has 0 aromatic heterocycles. The number of rotatable bonds is 1. The van der Waals surface area contributed by atoms with Gasteiger partial charge < -0.3 is 10.6 Å². The van der Waals surface area contributed by atoms with E-state index in [1.54, 1.807) is 4.90 Å². The molecule has 88 valence electrons. The highest BCUT2D eigenvalue weighted by Gasteiger charge is 2.33. The molecule has 1 aromatic rings. The van der Waals surface area contributed by atoms with E-state index in [1.165, 1.54) is 0 Å². The van der Waals surface area contributed by atoms with Crippen LogP contribution in [-0.4, -0.2) is 12.5 Å². The summed E-state index contributed by atoms with van der Waals surface area (Å²) in [6, 6.07) is 5.83. The second-order valence-corrected chi connectivity index (χ2v) is 4.46. The molecule has 2 rings (SSSR count). The Morgan fingerprint density at radius 3 is 2.71 bits per heavy atom. The van der Waals surface area contributed by atoms with Crippen molar-refractivity contribution in [1.29, 1.82) is 5.26 Å². The van der Waals surface area contributed by atoms with Crippen LogP contribution >= 0.6 is 0 Å². The van der Waals surface area contributed by atoms with Crippen LogP contribution in [0.1, 0.15) is 17.5 Å². The minimum atomic E-state index is -0.503. The predicted molar refractivity (Wildman–Crippen MR) is 66.4 cm³/mol. The van der Waals surface area contributed by atoms with Crippen molar-refractivity contribution in [3.63, 3.8) is 0 Å². The second kappa shape index (κ2) is 4.10. The third-order valence-electron chi connectivity index (χ3n) is 3.24. The van der Waals surface area contributed by atoms with Gasteiger partial charge in [0.25, 0.3) is 0 Å². The van der Waals surface area contributed by atoms with E-state index in [-0.39, 0.29) is 5.91 Å². The maximum atomic E-state index is 11.9. The van der Waals surface area contributed by atoms with Crippen LogP contribution in [0, 0.1) is 31.1 Å². The van der Waals surface area contributed by atoms with Crippen LogP contribution in [0.4, 0.5) is 11.4 Å². The molecule has 4 nitrogen and oxygen atoms in total. The van der Waals surface area contributed by atoms with E-state index < -0.39 is 5.92 Å². The highest BCUT2D eigenvalue weighted by molar-refractivity contribution is 5.99. The zero-order chi connectivity index (χ0) is 12.6. The number of amides is 1. The SMILES string of the molecule is Cc1cc(C)c(N2CCC(C#N)C2=O)cc1N. The first-order valence-corrected chi connectivity index (χ1v) is 5.62. The molecule has 0 bridgehead atoms. The van der Waals surface area contributed by atoms with Crippen LogP contribution in [-0.2, 0) is 4.79 Å². The van der Waals surface area contributed by atoms with Crippen molar-refractivity contribution < 1.29 is 4.79 Å². The summed E-state index contributed by atoms with van der Waals surface area (Å²) in [7, 11) is 0. The molecule has 2 N–H and O–H groups in total. The van der Waals surface area contributed by atoms with Crippen LogP contribution in [0.5, 0.6) is 0 Å². The molecule has 1 saturated heterocycles. The Bertz CT molecular complexity index is 516. The van der Waals surface area contributed by atoms with Gasteiger partial charge in [0, 0.05) is 17.9 Å². The van der Waals surface area contributed by atoms with E-state index >= 15 is 0 Å². The number of hydrogen-bond donors (Lipinski definition) is 1. The van der Waals surface area contributed by atoms with Gasteiger partial charge in [-0.25, -0.2) is 0 Å². The minimum absolute atomic E-state index is 0.112. The van der Waals surface area contributed by atoms with Crippen LogP contribution in [0.25, 0.3) is 0 Å².